The van der Waals surface area contributed by atoms with E-state index >= 15 is 0 Å². The van der Waals surface area contributed by atoms with Crippen LogP contribution in [0.5, 0.6) is 5.75 Å². The van der Waals surface area contributed by atoms with E-state index in [2.05, 4.69) is 0 Å². The van der Waals surface area contributed by atoms with Crippen molar-refractivity contribution in [3.05, 3.63) is 29.6 Å². The highest BCUT2D eigenvalue weighted by molar-refractivity contribution is 6.51. The molecule has 0 saturated carbocycles. The van der Waals surface area contributed by atoms with Gasteiger partial charge < -0.3 is 4.74 Å². The molecule has 0 aliphatic rings. The van der Waals surface area contributed by atoms with Crippen LogP contribution in [0.25, 0.3) is 0 Å². The highest BCUT2D eigenvalue weighted by Crippen LogP contribution is 2.18. The van der Waals surface area contributed by atoms with Crippen LogP contribution in [-0.2, 0) is 4.79 Å². The number of ketones is 2. The minimum atomic E-state index is -0.794. The van der Waals surface area contributed by atoms with Gasteiger partial charge in [0.1, 0.15) is 0 Å². The van der Waals surface area contributed by atoms with Crippen LogP contribution in [0, 0.1) is 5.82 Å². The average Bonchev–Trinajstić information content (AvgIpc) is 2.30. The van der Waals surface area contributed by atoms with E-state index in [1.54, 1.807) is 6.92 Å². The first-order valence-corrected chi connectivity index (χ1v) is 5.19. The summed E-state index contributed by atoms with van der Waals surface area (Å²) >= 11 is 5.23. The molecule has 0 aliphatic carbocycles. The Bertz CT molecular complexity index is 418. The summed E-state index contributed by atoms with van der Waals surface area (Å²) in [5, 5.41) is 0. The van der Waals surface area contributed by atoms with E-state index in [9.17, 15) is 14.0 Å². The van der Waals surface area contributed by atoms with E-state index in [-0.39, 0.29) is 11.3 Å². The molecule has 1 aromatic rings. The van der Waals surface area contributed by atoms with Crippen molar-refractivity contribution in [3.8, 4) is 5.75 Å². The molecule has 16 heavy (non-hydrogen) atoms. The Morgan fingerprint density at radius 2 is 2.12 bits per heavy atom. The van der Waals surface area contributed by atoms with Crippen molar-refractivity contribution in [2.24, 2.45) is 0 Å². The van der Waals surface area contributed by atoms with Gasteiger partial charge in [-0.15, -0.1) is 11.6 Å². The standard InChI is InChI=1S/C11H10ClFO3/c1-2-16-10-4-3-7(5-8(10)13)11(15)9(14)6-12/h3-5H,2,6H2,1H3. The lowest BCUT2D eigenvalue weighted by Gasteiger charge is -2.05. The van der Waals surface area contributed by atoms with Gasteiger partial charge in [-0.1, -0.05) is 0 Å². The number of benzene rings is 1. The predicted molar refractivity (Wildman–Crippen MR) is 57.6 cm³/mol. The van der Waals surface area contributed by atoms with Gasteiger partial charge in [-0.2, -0.15) is 0 Å². The van der Waals surface area contributed by atoms with E-state index in [0.29, 0.717) is 6.61 Å². The van der Waals surface area contributed by atoms with Crippen LogP contribution < -0.4 is 4.74 Å². The molecule has 5 heteroatoms. The summed E-state index contributed by atoms with van der Waals surface area (Å²) in [5.41, 5.74) is -0.0217. The molecule has 0 spiro atoms. The molecule has 0 aliphatic heterocycles. The number of hydrogen-bond donors (Lipinski definition) is 0. The van der Waals surface area contributed by atoms with E-state index in [0.717, 1.165) is 6.07 Å². The Kier molecular flexibility index (Phi) is 4.43. The highest BCUT2D eigenvalue weighted by atomic mass is 35.5. The van der Waals surface area contributed by atoms with Crippen molar-refractivity contribution < 1.29 is 18.7 Å². The fourth-order valence-electron chi connectivity index (χ4n) is 1.14. The summed E-state index contributed by atoms with van der Waals surface area (Å²) in [6.45, 7) is 2.04. The summed E-state index contributed by atoms with van der Waals surface area (Å²) in [5.74, 6) is -2.58. The summed E-state index contributed by atoms with van der Waals surface area (Å²) in [6.07, 6.45) is 0. The predicted octanol–water partition coefficient (Wildman–Crippen LogP) is 2.21. The number of rotatable bonds is 5. The molecule has 1 rings (SSSR count). The van der Waals surface area contributed by atoms with Crippen molar-refractivity contribution in [1.82, 2.24) is 0 Å². The SMILES string of the molecule is CCOc1ccc(C(=O)C(=O)CCl)cc1F. The van der Waals surface area contributed by atoms with Crippen molar-refractivity contribution in [2.75, 3.05) is 12.5 Å². The first kappa shape index (κ1) is 12.6. The van der Waals surface area contributed by atoms with Gasteiger partial charge in [0.05, 0.1) is 12.5 Å². The highest BCUT2D eigenvalue weighted by Gasteiger charge is 2.16. The molecular weight excluding hydrogens is 235 g/mol. The third kappa shape index (κ3) is 2.79. The van der Waals surface area contributed by atoms with Crippen LogP contribution >= 0.6 is 11.6 Å². The minimum Gasteiger partial charge on any atom is -0.491 e. The quantitative estimate of drug-likeness (QED) is 0.453. The second-order valence-corrected chi connectivity index (χ2v) is 3.23. The molecule has 0 unspecified atom stereocenters. The Morgan fingerprint density at radius 3 is 2.62 bits per heavy atom. The van der Waals surface area contributed by atoms with Crippen molar-refractivity contribution >= 4 is 23.2 Å². The van der Waals surface area contributed by atoms with Gasteiger partial charge in [-0.3, -0.25) is 9.59 Å². The van der Waals surface area contributed by atoms with Crippen molar-refractivity contribution in [2.45, 2.75) is 6.92 Å². The third-order valence-electron chi connectivity index (χ3n) is 1.87. The maximum absolute atomic E-state index is 13.3. The fraction of sp³-hybridized carbons (Fsp3) is 0.273. The molecule has 3 nitrogen and oxygen atoms in total. The average molecular weight is 245 g/mol. The molecule has 1 aromatic carbocycles. The first-order valence-electron chi connectivity index (χ1n) is 4.66. The molecule has 86 valence electrons. The molecule has 0 bridgehead atoms. The van der Waals surface area contributed by atoms with E-state index < -0.39 is 23.3 Å². The largest absolute Gasteiger partial charge is 0.491 e. The fourth-order valence-corrected chi connectivity index (χ4v) is 1.26. The number of hydrogen-bond acceptors (Lipinski definition) is 3. The molecule has 0 aromatic heterocycles. The van der Waals surface area contributed by atoms with Crippen LogP contribution in [0.3, 0.4) is 0 Å². The maximum atomic E-state index is 13.3. The third-order valence-corrected chi connectivity index (χ3v) is 2.11. The van der Waals surface area contributed by atoms with E-state index in [1.165, 1.54) is 12.1 Å². The Labute approximate surface area is 97.2 Å². The Morgan fingerprint density at radius 1 is 1.44 bits per heavy atom. The summed E-state index contributed by atoms with van der Waals surface area (Å²) in [4.78, 5) is 22.4. The second-order valence-electron chi connectivity index (χ2n) is 2.96. The van der Waals surface area contributed by atoms with Gasteiger partial charge in [0, 0.05) is 5.56 Å². The van der Waals surface area contributed by atoms with Crippen LogP contribution in [-0.4, -0.2) is 24.1 Å². The van der Waals surface area contributed by atoms with Crippen LogP contribution in [0.15, 0.2) is 18.2 Å². The second kappa shape index (κ2) is 5.61. The zero-order valence-corrected chi connectivity index (χ0v) is 9.38. The number of carbonyl (C=O) groups is 2. The molecular formula is C11H10ClFO3. The minimum absolute atomic E-state index is 0.0217. The van der Waals surface area contributed by atoms with Crippen LogP contribution in [0.1, 0.15) is 17.3 Å². The van der Waals surface area contributed by atoms with Crippen molar-refractivity contribution in [1.29, 1.82) is 0 Å². The zero-order valence-electron chi connectivity index (χ0n) is 8.63. The van der Waals surface area contributed by atoms with Gasteiger partial charge in [0.25, 0.3) is 0 Å². The molecule has 0 heterocycles. The monoisotopic (exact) mass is 244 g/mol. The topological polar surface area (TPSA) is 43.4 Å². The summed E-state index contributed by atoms with van der Waals surface area (Å²) < 4.78 is 18.3. The van der Waals surface area contributed by atoms with Crippen LogP contribution in [0.2, 0.25) is 0 Å². The van der Waals surface area contributed by atoms with Gasteiger partial charge in [-0.05, 0) is 25.1 Å². The van der Waals surface area contributed by atoms with Gasteiger partial charge in [-0.25, -0.2) is 4.39 Å². The smallest absolute Gasteiger partial charge is 0.229 e. The molecule has 0 fully saturated rings. The molecule has 0 N–H and O–H groups in total. The molecule has 0 radical (unpaired) electrons. The lowest BCUT2D eigenvalue weighted by Crippen LogP contribution is -2.15. The first-order chi connectivity index (χ1) is 7.60. The summed E-state index contributed by atoms with van der Waals surface area (Å²) in [7, 11) is 0. The number of Topliss-reactive ketones (excluding diaryl/α,β-unsaturated/α-hetero) is 2. The normalized spacial score (nSPS) is 9.94. The Hall–Kier alpha value is -1.42. The van der Waals surface area contributed by atoms with Gasteiger partial charge in [0.2, 0.25) is 11.6 Å². The number of halogens is 2. The lowest BCUT2D eigenvalue weighted by atomic mass is 10.1. The number of carbonyl (C=O) groups excluding carboxylic acids is 2. The summed E-state index contributed by atoms with van der Waals surface area (Å²) in [6, 6.07) is 3.62. The lowest BCUT2D eigenvalue weighted by molar-refractivity contribution is -0.112. The number of ether oxygens (including phenoxy) is 1. The Balaban J connectivity index is 2.97. The molecule has 0 amide bonds. The van der Waals surface area contributed by atoms with Crippen LogP contribution in [0.4, 0.5) is 4.39 Å². The molecule has 0 saturated heterocycles. The molecule has 0 atom stereocenters. The zero-order chi connectivity index (χ0) is 12.1. The number of alkyl halides is 1. The van der Waals surface area contributed by atoms with E-state index in [1.807, 2.05) is 0 Å². The van der Waals surface area contributed by atoms with Gasteiger partial charge in [0.15, 0.2) is 11.6 Å². The van der Waals surface area contributed by atoms with Crippen molar-refractivity contribution in [3.63, 3.8) is 0 Å². The maximum Gasteiger partial charge on any atom is 0.229 e. The van der Waals surface area contributed by atoms with E-state index in [4.69, 9.17) is 16.3 Å². The van der Waals surface area contributed by atoms with Gasteiger partial charge >= 0.3 is 0 Å².